The third-order valence-electron chi connectivity index (χ3n) is 5.04. The fourth-order valence-corrected chi connectivity index (χ4v) is 6.17. The summed E-state index contributed by atoms with van der Waals surface area (Å²) in [6, 6.07) is 10.5. The second-order valence-corrected chi connectivity index (χ2v) is 9.27. The van der Waals surface area contributed by atoms with E-state index in [1.807, 2.05) is 0 Å². The monoisotopic (exact) mass is 454 g/mol. The van der Waals surface area contributed by atoms with E-state index in [1.54, 1.807) is 13.8 Å². The van der Waals surface area contributed by atoms with Gasteiger partial charge in [0.15, 0.2) is 15.3 Å². The summed E-state index contributed by atoms with van der Waals surface area (Å²) >= 11 is 5.85. The Morgan fingerprint density at radius 3 is 2.10 bits per heavy atom. The van der Waals surface area contributed by atoms with Crippen LogP contribution in [0.1, 0.15) is 25.3 Å². The zero-order valence-corrected chi connectivity index (χ0v) is 17.9. The number of carbonyl (C=O) groups excluding carboxylic acids is 2. The molecule has 0 aromatic heterocycles. The van der Waals surface area contributed by atoms with E-state index < -0.39 is 44.2 Å². The molecule has 0 heterocycles. The highest BCUT2D eigenvalue weighted by Crippen LogP contribution is 2.65. The van der Waals surface area contributed by atoms with Gasteiger partial charge in [-0.15, -0.1) is 0 Å². The summed E-state index contributed by atoms with van der Waals surface area (Å²) in [6.45, 7) is 2.95. The molecule has 0 saturated heterocycles. The van der Waals surface area contributed by atoms with Gasteiger partial charge in [-0.25, -0.2) is 12.8 Å². The topological polar surface area (TPSA) is 86.7 Å². The van der Waals surface area contributed by atoms with Gasteiger partial charge in [-0.1, -0.05) is 23.7 Å². The van der Waals surface area contributed by atoms with Gasteiger partial charge in [-0.3, -0.25) is 9.59 Å². The summed E-state index contributed by atoms with van der Waals surface area (Å²) < 4.78 is 51.0. The molecule has 0 radical (unpaired) electrons. The molecule has 1 saturated carbocycles. The lowest BCUT2D eigenvalue weighted by Crippen LogP contribution is -2.35. The van der Waals surface area contributed by atoms with Crippen molar-refractivity contribution in [2.24, 2.45) is 5.41 Å². The molecule has 0 N–H and O–H groups in total. The largest absolute Gasteiger partial charge is 0.465 e. The zero-order valence-electron chi connectivity index (χ0n) is 16.3. The van der Waals surface area contributed by atoms with Gasteiger partial charge in [0.2, 0.25) is 0 Å². The van der Waals surface area contributed by atoms with Crippen LogP contribution in [-0.4, -0.2) is 38.8 Å². The molecule has 1 aliphatic rings. The Morgan fingerprint density at radius 2 is 1.60 bits per heavy atom. The molecular formula is C21H20ClFO6S. The average Bonchev–Trinajstić information content (AvgIpc) is 3.41. The van der Waals surface area contributed by atoms with Crippen LogP contribution in [0.2, 0.25) is 5.02 Å². The van der Waals surface area contributed by atoms with Gasteiger partial charge in [0.1, 0.15) is 11.1 Å². The number of halogens is 2. The SMILES string of the molecule is CCOC(=O)C1(C(=O)OCC)C(c2cccc(F)c2)C1S(=O)(=O)c1ccc(Cl)cc1. The summed E-state index contributed by atoms with van der Waals surface area (Å²) in [5.41, 5.74) is -1.93. The Morgan fingerprint density at radius 1 is 1.03 bits per heavy atom. The van der Waals surface area contributed by atoms with Crippen molar-refractivity contribution >= 4 is 33.4 Å². The van der Waals surface area contributed by atoms with Crippen LogP contribution in [0.25, 0.3) is 0 Å². The van der Waals surface area contributed by atoms with E-state index in [0.29, 0.717) is 5.02 Å². The predicted molar refractivity (Wildman–Crippen MR) is 107 cm³/mol. The number of carbonyl (C=O) groups is 2. The summed E-state index contributed by atoms with van der Waals surface area (Å²) in [6.07, 6.45) is 0. The van der Waals surface area contributed by atoms with Gasteiger partial charge in [0, 0.05) is 10.9 Å². The second kappa shape index (κ2) is 8.35. The van der Waals surface area contributed by atoms with Crippen LogP contribution in [-0.2, 0) is 28.9 Å². The molecule has 3 rings (SSSR count). The van der Waals surface area contributed by atoms with Crippen molar-refractivity contribution in [2.45, 2.75) is 29.9 Å². The Kier molecular flexibility index (Phi) is 6.19. The molecule has 2 aromatic rings. The Bertz CT molecular complexity index is 1050. The number of ether oxygens (including phenoxy) is 2. The molecule has 9 heteroatoms. The standard InChI is InChI=1S/C21H20ClFO6S/c1-3-28-19(24)21(20(25)29-4-2)17(13-6-5-7-15(23)12-13)18(21)30(26,27)16-10-8-14(22)9-11-16/h5-12,17-18H,3-4H2,1-2H3. The average molecular weight is 455 g/mol. The second-order valence-electron chi connectivity index (χ2n) is 6.76. The fourth-order valence-electron chi connectivity index (χ4n) is 3.76. The van der Waals surface area contributed by atoms with Crippen molar-refractivity contribution < 1.29 is 31.9 Å². The maximum atomic E-state index is 13.9. The van der Waals surface area contributed by atoms with Crippen LogP contribution in [0.3, 0.4) is 0 Å². The van der Waals surface area contributed by atoms with Crippen molar-refractivity contribution in [3.8, 4) is 0 Å². The molecule has 2 atom stereocenters. The summed E-state index contributed by atoms with van der Waals surface area (Å²) in [4.78, 5) is 25.8. The van der Waals surface area contributed by atoms with Gasteiger partial charge < -0.3 is 9.47 Å². The molecule has 2 unspecified atom stereocenters. The predicted octanol–water partition coefficient (Wildman–Crippen LogP) is 3.53. The van der Waals surface area contributed by atoms with Crippen molar-refractivity contribution in [2.75, 3.05) is 13.2 Å². The van der Waals surface area contributed by atoms with E-state index >= 15 is 0 Å². The first kappa shape index (κ1) is 22.2. The highest BCUT2D eigenvalue weighted by molar-refractivity contribution is 7.92. The minimum Gasteiger partial charge on any atom is -0.465 e. The number of benzene rings is 2. The maximum Gasteiger partial charge on any atom is 0.325 e. The highest BCUT2D eigenvalue weighted by Gasteiger charge is 2.81. The quantitative estimate of drug-likeness (QED) is 0.470. The molecule has 0 aliphatic heterocycles. The lowest BCUT2D eigenvalue weighted by atomic mass is 9.99. The molecule has 1 fully saturated rings. The van der Waals surface area contributed by atoms with Gasteiger partial charge in [-0.05, 0) is 55.8 Å². The van der Waals surface area contributed by atoms with Crippen LogP contribution in [0.15, 0.2) is 53.4 Å². The van der Waals surface area contributed by atoms with E-state index in [2.05, 4.69) is 0 Å². The summed E-state index contributed by atoms with van der Waals surface area (Å²) in [5.74, 6) is -3.81. The number of rotatable bonds is 7. The molecule has 2 aromatic carbocycles. The van der Waals surface area contributed by atoms with Gasteiger partial charge >= 0.3 is 11.9 Å². The molecular weight excluding hydrogens is 435 g/mol. The van der Waals surface area contributed by atoms with Gasteiger partial charge in [-0.2, -0.15) is 0 Å². The molecule has 0 spiro atoms. The summed E-state index contributed by atoms with van der Waals surface area (Å²) in [7, 11) is -4.21. The molecule has 30 heavy (non-hydrogen) atoms. The third-order valence-corrected chi connectivity index (χ3v) is 7.54. The fraction of sp³-hybridized carbons (Fsp3) is 0.333. The Hall–Kier alpha value is -2.45. The molecule has 0 bridgehead atoms. The first-order valence-electron chi connectivity index (χ1n) is 9.30. The van der Waals surface area contributed by atoms with Gasteiger partial charge in [0.25, 0.3) is 0 Å². The lowest BCUT2D eigenvalue weighted by molar-refractivity contribution is -0.164. The number of sulfone groups is 1. The van der Waals surface area contributed by atoms with E-state index in [4.69, 9.17) is 21.1 Å². The van der Waals surface area contributed by atoms with Crippen molar-refractivity contribution in [1.82, 2.24) is 0 Å². The van der Waals surface area contributed by atoms with Crippen LogP contribution in [0, 0.1) is 11.2 Å². The smallest absolute Gasteiger partial charge is 0.325 e. The highest BCUT2D eigenvalue weighted by atomic mass is 35.5. The van der Waals surface area contributed by atoms with Gasteiger partial charge in [0.05, 0.1) is 18.1 Å². The first-order valence-corrected chi connectivity index (χ1v) is 11.2. The van der Waals surface area contributed by atoms with Crippen molar-refractivity contribution in [3.05, 3.63) is 64.9 Å². The van der Waals surface area contributed by atoms with E-state index in [9.17, 15) is 22.4 Å². The van der Waals surface area contributed by atoms with Crippen molar-refractivity contribution in [3.63, 3.8) is 0 Å². The van der Waals surface area contributed by atoms with Crippen LogP contribution in [0.4, 0.5) is 4.39 Å². The number of hydrogen-bond donors (Lipinski definition) is 0. The van der Waals surface area contributed by atoms with Crippen LogP contribution < -0.4 is 0 Å². The molecule has 6 nitrogen and oxygen atoms in total. The van der Waals surface area contributed by atoms with Crippen LogP contribution >= 0.6 is 11.6 Å². The normalized spacial score (nSPS) is 19.7. The molecule has 0 amide bonds. The Balaban J connectivity index is 2.21. The number of hydrogen-bond acceptors (Lipinski definition) is 6. The van der Waals surface area contributed by atoms with E-state index in [1.165, 1.54) is 42.5 Å². The zero-order chi connectivity index (χ0) is 22.1. The van der Waals surface area contributed by atoms with Crippen molar-refractivity contribution in [1.29, 1.82) is 0 Å². The maximum absolute atomic E-state index is 13.9. The van der Waals surface area contributed by atoms with Crippen LogP contribution in [0.5, 0.6) is 0 Å². The van der Waals surface area contributed by atoms with E-state index in [0.717, 1.165) is 6.07 Å². The summed E-state index contributed by atoms with van der Waals surface area (Å²) in [5, 5.41) is -1.18. The third kappa shape index (κ3) is 3.58. The first-order chi connectivity index (χ1) is 14.2. The molecule has 1 aliphatic carbocycles. The minimum absolute atomic E-state index is 0.0659. The number of esters is 2. The Labute approximate surface area is 178 Å². The molecule has 160 valence electrons. The minimum atomic E-state index is -4.21. The van der Waals surface area contributed by atoms with E-state index in [-0.39, 0.29) is 23.7 Å². The lowest BCUT2D eigenvalue weighted by Gasteiger charge is -2.15.